The van der Waals surface area contributed by atoms with Crippen molar-refractivity contribution < 1.29 is 38.4 Å². The summed E-state index contributed by atoms with van der Waals surface area (Å²) in [5, 5.41) is 12.3. The summed E-state index contributed by atoms with van der Waals surface area (Å²) < 4.78 is 30.3. The Balaban J connectivity index is 1.59. The lowest BCUT2D eigenvalue weighted by atomic mass is 9.95. The summed E-state index contributed by atoms with van der Waals surface area (Å²) in [6, 6.07) is 18.1. The predicted octanol–water partition coefficient (Wildman–Crippen LogP) is 2.41. The first-order chi connectivity index (χ1) is 16.4. The molecular weight excluding hydrogens is 442 g/mol. The lowest BCUT2D eigenvalue weighted by Crippen LogP contribution is -2.67. The van der Waals surface area contributed by atoms with Crippen LogP contribution in [0.25, 0.3) is 0 Å². The standard InChI is InChI=1S/C25H29NO8/c1-15(23(28)29)32-22-20(26-16(2)27)25(30-13-17-9-5-3-6-10-17)33-19-14-31-24(34-21(19)22)18-11-7-4-8-12-18/h3-12,15,19-22,24-25H,13-14H2,1-2H3,(H,26,27)(H,28,29)/t15-,19+,20-,21+,22-,24-,25-/m1/s1. The number of carboxylic acid groups (broad SMARTS) is 1. The number of carbonyl (C=O) groups excluding carboxylic acids is 1. The maximum Gasteiger partial charge on any atom is 0.332 e. The zero-order chi connectivity index (χ0) is 24.1. The van der Waals surface area contributed by atoms with Gasteiger partial charge in [-0.15, -0.1) is 0 Å². The highest BCUT2D eigenvalue weighted by Gasteiger charge is 2.52. The average Bonchev–Trinajstić information content (AvgIpc) is 2.84. The van der Waals surface area contributed by atoms with Gasteiger partial charge in [0.05, 0.1) is 13.2 Å². The average molecular weight is 472 g/mol. The molecule has 34 heavy (non-hydrogen) atoms. The molecule has 182 valence electrons. The van der Waals surface area contributed by atoms with E-state index in [1.54, 1.807) is 0 Å². The smallest absolute Gasteiger partial charge is 0.332 e. The molecule has 0 saturated carbocycles. The second-order valence-electron chi connectivity index (χ2n) is 8.32. The van der Waals surface area contributed by atoms with Gasteiger partial charge >= 0.3 is 5.97 Å². The molecule has 9 heteroatoms. The molecule has 2 heterocycles. The van der Waals surface area contributed by atoms with E-state index in [1.165, 1.54) is 13.8 Å². The van der Waals surface area contributed by atoms with E-state index in [4.69, 9.17) is 23.7 Å². The minimum Gasteiger partial charge on any atom is -0.479 e. The number of carboxylic acids is 1. The maximum atomic E-state index is 12.1. The SMILES string of the molecule is CC(=O)N[C@H]1[C@H](OCc2ccccc2)O[C@H]2CO[C@@H](c3ccccc3)O[C@@H]2[C@@H]1O[C@H](C)C(=O)O. The Morgan fingerprint density at radius 3 is 2.41 bits per heavy atom. The molecule has 0 spiro atoms. The number of amides is 1. The third kappa shape index (κ3) is 5.81. The number of carbonyl (C=O) groups is 2. The monoisotopic (exact) mass is 471 g/mol. The van der Waals surface area contributed by atoms with E-state index in [9.17, 15) is 14.7 Å². The third-order valence-electron chi connectivity index (χ3n) is 5.75. The highest BCUT2D eigenvalue weighted by atomic mass is 16.8. The van der Waals surface area contributed by atoms with E-state index < -0.39 is 49.0 Å². The van der Waals surface area contributed by atoms with Crippen LogP contribution in [0.3, 0.4) is 0 Å². The van der Waals surface area contributed by atoms with Crippen molar-refractivity contribution in [3.8, 4) is 0 Å². The van der Waals surface area contributed by atoms with Crippen molar-refractivity contribution in [3.63, 3.8) is 0 Å². The number of rotatable bonds is 8. The quantitative estimate of drug-likeness (QED) is 0.604. The number of fused-ring (bicyclic) bond motifs is 1. The van der Waals surface area contributed by atoms with Gasteiger partial charge in [0.15, 0.2) is 18.7 Å². The van der Waals surface area contributed by atoms with Gasteiger partial charge in [0.1, 0.15) is 24.4 Å². The van der Waals surface area contributed by atoms with E-state index in [1.807, 2.05) is 60.7 Å². The molecule has 2 aromatic rings. The van der Waals surface area contributed by atoms with E-state index in [-0.39, 0.29) is 19.1 Å². The van der Waals surface area contributed by atoms with Crippen LogP contribution in [0.1, 0.15) is 31.3 Å². The van der Waals surface area contributed by atoms with Gasteiger partial charge in [-0.05, 0) is 12.5 Å². The van der Waals surface area contributed by atoms with Crippen molar-refractivity contribution >= 4 is 11.9 Å². The van der Waals surface area contributed by atoms with Gasteiger partial charge in [-0.3, -0.25) is 4.79 Å². The summed E-state index contributed by atoms with van der Waals surface area (Å²) in [7, 11) is 0. The minimum absolute atomic E-state index is 0.184. The van der Waals surface area contributed by atoms with Crippen molar-refractivity contribution in [3.05, 3.63) is 71.8 Å². The van der Waals surface area contributed by atoms with Crippen molar-refractivity contribution in [2.45, 2.75) is 63.5 Å². The van der Waals surface area contributed by atoms with Gasteiger partial charge in [-0.2, -0.15) is 0 Å². The van der Waals surface area contributed by atoms with Gasteiger partial charge in [0, 0.05) is 12.5 Å². The summed E-state index contributed by atoms with van der Waals surface area (Å²) in [6.45, 7) is 3.22. The van der Waals surface area contributed by atoms with E-state index in [0.29, 0.717) is 0 Å². The lowest BCUT2D eigenvalue weighted by Gasteiger charge is -2.49. The molecule has 4 rings (SSSR count). The van der Waals surface area contributed by atoms with Crippen molar-refractivity contribution in [2.24, 2.45) is 0 Å². The second-order valence-corrected chi connectivity index (χ2v) is 8.32. The van der Waals surface area contributed by atoms with Crippen LogP contribution in [0.5, 0.6) is 0 Å². The summed E-state index contributed by atoms with van der Waals surface area (Å²) in [4.78, 5) is 23.7. The van der Waals surface area contributed by atoms with E-state index in [0.717, 1.165) is 11.1 Å². The first-order valence-electron chi connectivity index (χ1n) is 11.2. The Morgan fingerprint density at radius 1 is 1.09 bits per heavy atom. The Hall–Kier alpha value is -2.82. The van der Waals surface area contributed by atoms with Gasteiger partial charge in [-0.25, -0.2) is 4.79 Å². The summed E-state index contributed by atoms with van der Waals surface area (Å²) in [5.74, 6) is -1.46. The topological polar surface area (TPSA) is 113 Å². The Labute approximate surface area is 197 Å². The second kappa shape index (κ2) is 11.1. The van der Waals surface area contributed by atoms with Crippen LogP contribution in [0.4, 0.5) is 0 Å². The van der Waals surface area contributed by atoms with Gasteiger partial charge < -0.3 is 34.1 Å². The molecule has 0 bridgehead atoms. The third-order valence-corrected chi connectivity index (χ3v) is 5.75. The zero-order valence-corrected chi connectivity index (χ0v) is 19.0. The Morgan fingerprint density at radius 2 is 1.76 bits per heavy atom. The van der Waals surface area contributed by atoms with Crippen LogP contribution >= 0.6 is 0 Å². The van der Waals surface area contributed by atoms with Gasteiger partial charge in [0.2, 0.25) is 5.91 Å². The first kappa shape index (κ1) is 24.3. The van der Waals surface area contributed by atoms with E-state index in [2.05, 4.69) is 5.32 Å². The first-order valence-corrected chi connectivity index (χ1v) is 11.2. The van der Waals surface area contributed by atoms with Crippen LogP contribution in [0, 0.1) is 0 Å². The fourth-order valence-electron chi connectivity index (χ4n) is 4.09. The molecule has 0 aliphatic carbocycles. The summed E-state index contributed by atoms with van der Waals surface area (Å²) in [6.07, 6.45) is -4.87. The Bertz CT molecular complexity index is 956. The highest BCUT2D eigenvalue weighted by Crippen LogP contribution is 2.36. The molecule has 2 saturated heterocycles. The maximum absolute atomic E-state index is 12.1. The van der Waals surface area contributed by atoms with Crippen LogP contribution in [-0.4, -0.2) is 60.3 Å². The fraction of sp³-hybridized carbons (Fsp3) is 0.440. The molecule has 9 nitrogen and oxygen atoms in total. The molecular formula is C25H29NO8. The number of ether oxygens (including phenoxy) is 5. The molecule has 0 radical (unpaired) electrons. The van der Waals surface area contributed by atoms with Crippen LogP contribution in [-0.2, 0) is 39.9 Å². The number of nitrogens with one attached hydrogen (secondary N) is 1. The van der Waals surface area contributed by atoms with Crippen molar-refractivity contribution in [1.29, 1.82) is 0 Å². The van der Waals surface area contributed by atoms with Crippen molar-refractivity contribution in [1.82, 2.24) is 5.32 Å². The minimum atomic E-state index is -1.14. The van der Waals surface area contributed by atoms with Crippen LogP contribution in [0.2, 0.25) is 0 Å². The number of benzene rings is 2. The summed E-state index contributed by atoms with van der Waals surface area (Å²) >= 11 is 0. The van der Waals surface area contributed by atoms with E-state index >= 15 is 0 Å². The number of hydrogen-bond donors (Lipinski definition) is 2. The number of hydrogen-bond acceptors (Lipinski definition) is 7. The molecule has 2 fully saturated rings. The fourth-order valence-corrected chi connectivity index (χ4v) is 4.09. The highest BCUT2D eigenvalue weighted by molar-refractivity contribution is 5.73. The number of aliphatic carboxylic acids is 1. The Kier molecular flexibility index (Phi) is 7.91. The molecule has 2 N–H and O–H groups in total. The molecule has 2 aliphatic heterocycles. The lowest BCUT2D eigenvalue weighted by molar-refractivity contribution is -0.351. The molecule has 1 amide bonds. The van der Waals surface area contributed by atoms with Crippen molar-refractivity contribution in [2.75, 3.05) is 6.61 Å². The van der Waals surface area contributed by atoms with Crippen LogP contribution < -0.4 is 5.32 Å². The molecule has 0 aromatic heterocycles. The molecule has 7 atom stereocenters. The summed E-state index contributed by atoms with van der Waals surface area (Å²) in [5.41, 5.74) is 1.73. The van der Waals surface area contributed by atoms with Crippen LogP contribution in [0.15, 0.2) is 60.7 Å². The largest absolute Gasteiger partial charge is 0.479 e. The molecule has 0 unspecified atom stereocenters. The molecule has 2 aliphatic rings. The molecule has 2 aromatic carbocycles. The normalized spacial score (nSPS) is 29.6. The van der Waals surface area contributed by atoms with Gasteiger partial charge in [-0.1, -0.05) is 60.7 Å². The van der Waals surface area contributed by atoms with Gasteiger partial charge in [0.25, 0.3) is 0 Å². The predicted molar refractivity (Wildman–Crippen MR) is 119 cm³/mol. The zero-order valence-electron chi connectivity index (χ0n) is 19.0.